The summed E-state index contributed by atoms with van der Waals surface area (Å²) in [6.07, 6.45) is 0.853. The second-order valence-electron chi connectivity index (χ2n) is 8.48. The first-order valence-corrected chi connectivity index (χ1v) is 13.2. The van der Waals surface area contributed by atoms with Crippen LogP contribution in [0.2, 0.25) is 0 Å². The van der Waals surface area contributed by atoms with Crippen LogP contribution in [0.1, 0.15) is 42.1 Å². The monoisotopic (exact) mass is 504 g/mol. The lowest BCUT2D eigenvalue weighted by Crippen LogP contribution is -2.48. The van der Waals surface area contributed by atoms with Crippen molar-refractivity contribution in [2.24, 2.45) is 0 Å². The normalized spacial score (nSPS) is 11.5. The standard InChI is InChI=1S/C29H32N2O4S/c1-2-19-31(28(34)25-15-13-24(14-16-25)23-11-7-4-8-12-23)29(35)30-26(17-18-27(32)33)21-36-20-22-9-5-3-6-10-22/h3-16,26H,2,17-21H2,1H3,(H,30,35)(H,32,33)/t26-/m1/s1. The Hall–Kier alpha value is -3.58. The van der Waals surface area contributed by atoms with Crippen molar-refractivity contribution in [1.82, 2.24) is 10.2 Å². The molecular weight excluding hydrogens is 472 g/mol. The van der Waals surface area contributed by atoms with Gasteiger partial charge < -0.3 is 10.4 Å². The molecule has 0 saturated heterocycles. The minimum absolute atomic E-state index is 0.0560. The Morgan fingerprint density at radius 3 is 2.11 bits per heavy atom. The van der Waals surface area contributed by atoms with Crippen LogP contribution in [0, 0.1) is 0 Å². The largest absolute Gasteiger partial charge is 0.481 e. The molecule has 0 aliphatic heterocycles. The van der Waals surface area contributed by atoms with Crippen molar-refractivity contribution in [1.29, 1.82) is 0 Å². The van der Waals surface area contributed by atoms with Gasteiger partial charge in [0.15, 0.2) is 0 Å². The Morgan fingerprint density at radius 2 is 1.50 bits per heavy atom. The minimum Gasteiger partial charge on any atom is -0.481 e. The van der Waals surface area contributed by atoms with E-state index in [0.717, 1.165) is 22.4 Å². The number of nitrogens with zero attached hydrogens (tertiary/aromatic N) is 1. The van der Waals surface area contributed by atoms with E-state index < -0.39 is 12.0 Å². The zero-order valence-electron chi connectivity index (χ0n) is 20.4. The van der Waals surface area contributed by atoms with Gasteiger partial charge in [0.1, 0.15) is 0 Å². The van der Waals surface area contributed by atoms with Crippen LogP contribution >= 0.6 is 11.8 Å². The fraction of sp³-hybridized carbons (Fsp3) is 0.276. The molecule has 7 heteroatoms. The first kappa shape index (κ1) is 27.0. The Morgan fingerprint density at radius 1 is 0.889 bits per heavy atom. The second-order valence-corrected chi connectivity index (χ2v) is 9.51. The molecule has 0 aliphatic rings. The Balaban J connectivity index is 1.66. The van der Waals surface area contributed by atoms with Crippen LogP contribution in [-0.2, 0) is 10.5 Å². The summed E-state index contributed by atoms with van der Waals surface area (Å²) in [4.78, 5) is 38.8. The Labute approximate surface area is 216 Å². The quantitative estimate of drug-likeness (QED) is 0.312. The summed E-state index contributed by atoms with van der Waals surface area (Å²) in [5.74, 6) is 0.0182. The fourth-order valence-corrected chi connectivity index (χ4v) is 4.83. The molecule has 0 fully saturated rings. The molecule has 0 unspecified atom stereocenters. The molecular formula is C29H32N2O4S. The smallest absolute Gasteiger partial charge is 0.324 e. The number of rotatable bonds is 12. The summed E-state index contributed by atoms with van der Waals surface area (Å²) in [7, 11) is 0. The lowest BCUT2D eigenvalue weighted by molar-refractivity contribution is -0.137. The molecule has 188 valence electrons. The summed E-state index contributed by atoms with van der Waals surface area (Å²) in [5, 5.41) is 12.1. The van der Waals surface area contributed by atoms with Crippen LogP contribution in [0.15, 0.2) is 84.9 Å². The molecule has 3 amide bonds. The van der Waals surface area contributed by atoms with Crippen molar-refractivity contribution in [2.75, 3.05) is 12.3 Å². The SMILES string of the molecule is CCCN(C(=O)N[C@H](CCC(=O)O)CSCc1ccccc1)C(=O)c1ccc(-c2ccccc2)cc1. The number of hydrogen-bond donors (Lipinski definition) is 2. The van der Waals surface area contributed by atoms with Crippen LogP contribution in [0.3, 0.4) is 0 Å². The van der Waals surface area contributed by atoms with E-state index in [2.05, 4.69) is 5.32 Å². The number of imide groups is 1. The van der Waals surface area contributed by atoms with Gasteiger partial charge in [-0.25, -0.2) is 4.79 Å². The summed E-state index contributed by atoms with van der Waals surface area (Å²) < 4.78 is 0. The molecule has 1 atom stereocenters. The molecule has 3 aromatic carbocycles. The molecule has 0 spiro atoms. The van der Waals surface area contributed by atoms with Gasteiger partial charge in [-0.2, -0.15) is 11.8 Å². The molecule has 2 N–H and O–H groups in total. The molecule has 0 aliphatic carbocycles. The van der Waals surface area contributed by atoms with Crippen LogP contribution in [0.5, 0.6) is 0 Å². The third-order valence-electron chi connectivity index (χ3n) is 5.64. The average Bonchev–Trinajstić information content (AvgIpc) is 2.91. The number of amides is 3. The van der Waals surface area contributed by atoms with Crippen molar-refractivity contribution in [2.45, 2.75) is 38.0 Å². The molecule has 0 aromatic heterocycles. The number of carboxylic acid groups (broad SMARTS) is 1. The van der Waals surface area contributed by atoms with E-state index in [0.29, 0.717) is 24.2 Å². The zero-order valence-corrected chi connectivity index (χ0v) is 21.2. The summed E-state index contributed by atoms with van der Waals surface area (Å²) in [6.45, 7) is 2.18. The maximum absolute atomic E-state index is 13.2. The first-order valence-electron chi connectivity index (χ1n) is 12.1. The number of carbonyl (C=O) groups is 3. The van der Waals surface area contributed by atoms with Gasteiger partial charge in [-0.15, -0.1) is 0 Å². The van der Waals surface area contributed by atoms with Crippen LogP contribution < -0.4 is 5.32 Å². The molecule has 0 radical (unpaired) electrons. The van der Waals surface area contributed by atoms with Gasteiger partial charge in [-0.1, -0.05) is 79.7 Å². The Bertz CT molecular complexity index is 1120. The fourth-order valence-electron chi connectivity index (χ4n) is 3.75. The molecule has 6 nitrogen and oxygen atoms in total. The molecule has 3 rings (SSSR count). The van der Waals surface area contributed by atoms with Crippen molar-refractivity contribution >= 4 is 29.7 Å². The van der Waals surface area contributed by atoms with Crippen molar-refractivity contribution in [3.63, 3.8) is 0 Å². The molecule has 0 saturated carbocycles. The maximum Gasteiger partial charge on any atom is 0.324 e. The van der Waals surface area contributed by atoms with E-state index in [-0.39, 0.29) is 24.9 Å². The molecule has 3 aromatic rings. The summed E-state index contributed by atoms with van der Waals surface area (Å²) >= 11 is 1.63. The van der Waals surface area contributed by atoms with Gasteiger partial charge in [-0.3, -0.25) is 14.5 Å². The number of carboxylic acids is 1. The predicted molar refractivity (Wildman–Crippen MR) is 145 cm³/mol. The molecule has 0 bridgehead atoms. The van der Waals surface area contributed by atoms with E-state index in [1.165, 1.54) is 4.90 Å². The van der Waals surface area contributed by atoms with Crippen LogP contribution in [0.4, 0.5) is 4.79 Å². The highest BCUT2D eigenvalue weighted by Gasteiger charge is 2.25. The van der Waals surface area contributed by atoms with Crippen molar-refractivity contribution < 1.29 is 19.5 Å². The van der Waals surface area contributed by atoms with Crippen molar-refractivity contribution in [3.8, 4) is 11.1 Å². The van der Waals surface area contributed by atoms with Gasteiger partial charge in [0.05, 0.1) is 0 Å². The summed E-state index contributed by atoms with van der Waals surface area (Å²) in [5.41, 5.74) is 3.63. The third-order valence-corrected chi connectivity index (χ3v) is 6.82. The highest BCUT2D eigenvalue weighted by molar-refractivity contribution is 7.98. The lowest BCUT2D eigenvalue weighted by atomic mass is 10.0. The highest BCUT2D eigenvalue weighted by atomic mass is 32.2. The van der Waals surface area contributed by atoms with E-state index in [1.807, 2.05) is 79.7 Å². The third kappa shape index (κ3) is 8.27. The highest BCUT2D eigenvalue weighted by Crippen LogP contribution is 2.20. The minimum atomic E-state index is -0.915. The van der Waals surface area contributed by atoms with E-state index >= 15 is 0 Å². The predicted octanol–water partition coefficient (Wildman–Crippen LogP) is 6.08. The number of nitrogens with one attached hydrogen (secondary N) is 1. The van der Waals surface area contributed by atoms with Gasteiger partial charge in [0, 0.05) is 36.1 Å². The number of urea groups is 1. The second kappa shape index (κ2) is 14.1. The summed E-state index contributed by atoms with van der Waals surface area (Å²) in [6, 6.07) is 26.2. The number of benzene rings is 3. The lowest BCUT2D eigenvalue weighted by Gasteiger charge is -2.25. The van der Waals surface area contributed by atoms with Gasteiger partial charge in [0.2, 0.25) is 0 Å². The number of hydrogen-bond acceptors (Lipinski definition) is 4. The number of carbonyl (C=O) groups excluding carboxylic acids is 2. The van der Waals surface area contributed by atoms with Gasteiger partial charge >= 0.3 is 12.0 Å². The van der Waals surface area contributed by atoms with E-state index in [4.69, 9.17) is 5.11 Å². The zero-order chi connectivity index (χ0) is 25.8. The molecule has 36 heavy (non-hydrogen) atoms. The topological polar surface area (TPSA) is 86.7 Å². The van der Waals surface area contributed by atoms with Crippen LogP contribution in [0.25, 0.3) is 11.1 Å². The number of thioether (sulfide) groups is 1. The van der Waals surface area contributed by atoms with Crippen LogP contribution in [-0.4, -0.2) is 46.3 Å². The average molecular weight is 505 g/mol. The Kier molecular flexibility index (Phi) is 10.6. The van der Waals surface area contributed by atoms with Gasteiger partial charge in [0.25, 0.3) is 5.91 Å². The number of aliphatic carboxylic acids is 1. The van der Waals surface area contributed by atoms with E-state index in [9.17, 15) is 14.4 Å². The maximum atomic E-state index is 13.2. The first-order chi connectivity index (χ1) is 17.5. The van der Waals surface area contributed by atoms with E-state index in [1.54, 1.807) is 23.9 Å². The van der Waals surface area contributed by atoms with Crippen molar-refractivity contribution in [3.05, 3.63) is 96.1 Å². The van der Waals surface area contributed by atoms with Gasteiger partial charge in [-0.05, 0) is 41.7 Å². The molecule has 0 heterocycles.